The highest BCUT2D eigenvalue weighted by Gasteiger charge is 2.31. The second-order valence-corrected chi connectivity index (χ2v) is 7.24. The van der Waals surface area contributed by atoms with Crippen LogP contribution in [0.5, 0.6) is 0 Å². The summed E-state index contributed by atoms with van der Waals surface area (Å²) in [4.78, 5) is 4.62. The molecule has 0 bridgehead atoms. The van der Waals surface area contributed by atoms with Crippen molar-refractivity contribution in [3.05, 3.63) is 23.4 Å². The molecule has 1 saturated carbocycles. The van der Waals surface area contributed by atoms with Gasteiger partial charge >= 0.3 is 0 Å². The van der Waals surface area contributed by atoms with Crippen LogP contribution in [0.25, 0.3) is 0 Å². The Bertz CT molecular complexity index is 472. The first kappa shape index (κ1) is 15.4. The molecule has 0 spiro atoms. The Morgan fingerprint density at radius 2 is 2.15 bits per heavy atom. The lowest BCUT2D eigenvalue weighted by Crippen LogP contribution is -2.26. The van der Waals surface area contributed by atoms with E-state index in [0.29, 0.717) is 5.25 Å². The molecule has 1 aliphatic rings. The average Bonchev–Trinajstić information content (AvgIpc) is 2.38. The second kappa shape index (κ2) is 7.13. The lowest BCUT2D eigenvalue weighted by molar-refractivity contribution is 0.306. The molecule has 2 nitrogen and oxygen atoms in total. The summed E-state index contributed by atoms with van der Waals surface area (Å²) in [7, 11) is 0. The van der Waals surface area contributed by atoms with Gasteiger partial charge in [0.05, 0.1) is 17.0 Å². The van der Waals surface area contributed by atoms with Crippen LogP contribution in [0.4, 0.5) is 0 Å². The molecule has 1 aliphatic carbocycles. The van der Waals surface area contributed by atoms with Gasteiger partial charge < -0.3 is 0 Å². The minimum atomic E-state index is 0.190. The van der Waals surface area contributed by atoms with Crippen molar-refractivity contribution in [3.63, 3.8) is 0 Å². The summed E-state index contributed by atoms with van der Waals surface area (Å²) in [5.41, 5.74) is 2.33. The van der Waals surface area contributed by atoms with Gasteiger partial charge in [-0.25, -0.2) is 4.98 Å². The van der Waals surface area contributed by atoms with Crippen molar-refractivity contribution in [1.82, 2.24) is 4.98 Å². The van der Waals surface area contributed by atoms with E-state index in [4.69, 9.17) is 0 Å². The zero-order valence-electron chi connectivity index (χ0n) is 12.7. The highest BCUT2D eigenvalue weighted by molar-refractivity contribution is 7.99. The van der Waals surface area contributed by atoms with Gasteiger partial charge in [0.25, 0.3) is 0 Å². The third-order valence-electron chi connectivity index (χ3n) is 4.11. The Hall–Kier alpha value is -1.01. The predicted octanol–water partition coefficient (Wildman–Crippen LogP) is 4.90. The number of aryl methyl sites for hydroxylation is 2. The van der Waals surface area contributed by atoms with Crippen molar-refractivity contribution in [3.8, 4) is 6.07 Å². The topological polar surface area (TPSA) is 36.7 Å². The molecule has 3 unspecified atom stereocenters. The van der Waals surface area contributed by atoms with Gasteiger partial charge in [0.2, 0.25) is 0 Å². The standard InChI is InChI=1S/C17H24N2S/c1-4-5-14-6-7-15(11-18)16(10-14)20-17-9-12(2)8-13(3)19-17/h8-9,14-16H,4-7,10H2,1-3H3. The molecule has 20 heavy (non-hydrogen) atoms. The minimum Gasteiger partial charge on any atom is -0.247 e. The summed E-state index contributed by atoms with van der Waals surface area (Å²) in [5.74, 6) is 0.990. The summed E-state index contributed by atoms with van der Waals surface area (Å²) >= 11 is 1.82. The van der Waals surface area contributed by atoms with Crippen LogP contribution in [0.15, 0.2) is 17.2 Å². The van der Waals surface area contributed by atoms with Crippen LogP contribution in [0.3, 0.4) is 0 Å². The van der Waals surface area contributed by atoms with E-state index in [1.807, 2.05) is 18.7 Å². The van der Waals surface area contributed by atoms with E-state index < -0.39 is 0 Å². The third kappa shape index (κ3) is 3.99. The molecule has 0 radical (unpaired) electrons. The maximum Gasteiger partial charge on any atom is 0.0968 e. The number of hydrogen-bond acceptors (Lipinski definition) is 3. The molecule has 3 heteroatoms. The van der Waals surface area contributed by atoms with Gasteiger partial charge in [-0.15, -0.1) is 11.8 Å². The molecule has 1 heterocycles. The molecule has 3 atom stereocenters. The van der Waals surface area contributed by atoms with Crippen molar-refractivity contribution in [2.75, 3.05) is 0 Å². The smallest absolute Gasteiger partial charge is 0.0968 e. The lowest BCUT2D eigenvalue weighted by atomic mass is 9.80. The van der Waals surface area contributed by atoms with Crippen molar-refractivity contribution in [2.24, 2.45) is 11.8 Å². The quantitative estimate of drug-likeness (QED) is 0.790. The normalized spacial score (nSPS) is 26.2. The maximum absolute atomic E-state index is 9.38. The summed E-state index contributed by atoms with van der Waals surface area (Å²) < 4.78 is 0. The van der Waals surface area contributed by atoms with Crippen LogP contribution in [0.2, 0.25) is 0 Å². The van der Waals surface area contributed by atoms with Crippen LogP contribution >= 0.6 is 11.8 Å². The van der Waals surface area contributed by atoms with Crippen molar-refractivity contribution >= 4 is 11.8 Å². The van der Waals surface area contributed by atoms with Gasteiger partial charge in [-0.05, 0) is 56.7 Å². The first-order valence-corrected chi connectivity index (χ1v) is 8.52. The molecular weight excluding hydrogens is 264 g/mol. The zero-order valence-corrected chi connectivity index (χ0v) is 13.5. The number of aromatic nitrogens is 1. The first-order valence-electron chi connectivity index (χ1n) is 7.64. The van der Waals surface area contributed by atoms with Crippen LogP contribution in [-0.2, 0) is 0 Å². The van der Waals surface area contributed by atoms with E-state index in [-0.39, 0.29) is 5.92 Å². The van der Waals surface area contributed by atoms with E-state index in [2.05, 4.69) is 37.0 Å². The Morgan fingerprint density at radius 1 is 1.35 bits per heavy atom. The minimum absolute atomic E-state index is 0.190. The molecule has 0 N–H and O–H groups in total. The highest BCUT2D eigenvalue weighted by Crippen LogP contribution is 2.40. The Balaban J connectivity index is 2.09. The van der Waals surface area contributed by atoms with E-state index in [1.54, 1.807) is 0 Å². The summed E-state index contributed by atoms with van der Waals surface area (Å²) in [6, 6.07) is 6.77. The summed E-state index contributed by atoms with van der Waals surface area (Å²) in [6.45, 7) is 6.41. The fourth-order valence-electron chi connectivity index (χ4n) is 3.18. The molecule has 2 rings (SSSR count). The molecule has 0 amide bonds. The monoisotopic (exact) mass is 288 g/mol. The van der Waals surface area contributed by atoms with Gasteiger partial charge in [0, 0.05) is 10.9 Å². The average molecular weight is 288 g/mol. The van der Waals surface area contributed by atoms with Crippen LogP contribution in [-0.4, -0.2) is 10.2 Å². The van der Waals surface area contributed by atoms with Gasteiger partial charge in [0.1, 0.15) is 0 Å². The van der Waals surface area contributed by atoms with E-state index >= 15 is 0 Å². The number of hydrogen-bond donors (Lipinski definition) is 0. The predicted molar refractivity (Wildman–Crippen MR) is 84.7 cm³/mol. The SMILES string of the molecule is CCCC1CCC(C#N)C(Sc2cc(C)cc(C)n2)C1. The highest BCUT2D eigenvalue weighted by atomic mass is 32.2. The Labute approximate surface area is 127 Å². The fourth-order valence-corrected chi connectivity index (χ4v) is 4.67. The first-order chi connectivity index (χ1) is 9.62. The van der Waals surface area contributed by atoms with Crippen molar-refractivity contribution in [1.29, 1.82) is 5.26 Å². The van der Waals surface area contributed by atoms with E-state index in [9.17, 15) is 5.26 Å². The van der Waals surface area contributed by atoms with E-state index in [0.717, 1.165) is 23.1 Å². The second-order valence-electron chi connectivity index (χ2n) is 5.98. The van der Waals surface area contributed by atoms with Crippen LogP contribution < -0.4 is 0 Å². The van der Waals surface area contributed by atoms with Crippen LogP contribution in [0.1, 0.15) is 50.3 Å². The molecule has 1 aromatic heterocycles. The van der Waals surface area contributed by atoms with Crippen LogP contribution in [0, 0.1) is 37.0 Å². The number of rotatable bonds is 4. The molecular formula is C17H24N2S. The molecule has 0 saturated heterocycles. The van der Waals surface area contributed by atoms with Gasteiger partial charge in [0.15, 0.2) is 0 Å². The number of nitrogens with zero attached hydrogens (tertiary/aromatic N) is 2. The fraction of sp³-hybridized carbons (Fsp3) is 0.647. The Kier molecular flexibility index (Phi) is 5.48. The lowest BCUT2D eigenvalue weighted by Gasteiger charge is -2.32. The molecule has 0 aromatic carbocycles. The van der Waals surface area contributed by atoms with Crippen molar-refractivity contribution in [2.45, 2.75) is 63.2 Å². The molecule has 1 fully saturated rings. The molecule has 1 aromatic rings. The molecule has 108 valence electrons. The largest absolute Gasteiger partial charge is 0.247 e. The third-order valence-corrected chi connectivity index (χ3v) is 5.38. The zero-order chi connectivity index (χ0) is 14.5. The van der Waals surface area contributed by atoms with Crippen molar-refractivity contribution < 1.29 is 0 Å². The number of pyridine rings is 1. The van der Waals surface area contributed by atoms with Gasteiger partial charge in [-0.2, -0.15) is 5.26 Å². The number of nitriles is 1. The van der Waals surface area contributed by atoms with Gasteiger partial charge in [-0.1, -0.05) is 19.8 Å². The van der Waals surface area contributed by atoms with Gasteiger partial charge in [-0.3, -0.25) is 0 Å². The summed E-state index contributed by atoms with van der Waals surface area (Å²) in [6.07, 6.45) is 6.01. The Morgan fingerprint density at radius 3 is 2.80 bits per heavy atom. The number of thioether (sulfide) groups is 1. The summed E-state index contributed by atoms with van der Waals surface area (Å²) in [5, 5.41) is 10.9. The molecule has 0 aliphatic heterocycles. The van der Waals surface area contributed by atoms with E-state index in [1.165, 1.54) is 31.2 Å². The maximum atomic E-state index is 9.38.